The Kier molecular flexibility index (Phi) is 4.38. The van der Waals surface area contributed by atoms with Crippen LogP contribution in [-0.4, -0.2) is 0 Å². The molecule has 0 aliphatic carbocycles. The van der Waals surface area contributed by atoms with Crippen molar-refractivity contribution in [2.75, 3.05) is 0 Å². The first-order valence-electron chi connectivity index (χ1n) is 5.77. The van der Waals surface area contributed by atoms with E-state index in [4.69, 9.17) is 11.6 Å². The van der Waals surface area contributed by atoms with Gasteiger partial charge in [0.2, 0.25) is 0 Å². The molecule has 1 aromatic carbocycles. The first kappa shape index (κ1) is 13.5. The average Bonchev–Trinajstić information content (AvgIpc) is 2.63. The Hall–Kier alpha value is -0.900. The van der Waals surface area contributed by atoms with Crippen LogP contribution in [0.3, 0.4) is 0 Å². The Bertz CT molecular complexity index is 531. The predicted octanol–water partition coefficient (Wildman–Crippen LogP) is 4.45. The van der Waals surface area contributed by atoms with E-state index in [1.54, 1.807) is 17.4 Å². The largest absolute Gasteiger partial charge is 0.308 e. The summed E-state index contributed by atoms with van der Waals surface area (Å²) in [5.41, 5.74) is 2.11. The Balaban J connectivity index is 1.94. The van der Waals surface area contributed by atoms with Crippen molar-refractivity contribution >= 4 is 22.9 Å². The van der Waals surface area contributed by atoms with Gasteiger partial charge >= 0.3 is 0 Å². The number of nitrogens with one attached hydrogen (secondary N) is 1. The molecule has 0 unspecified atom stereocenters. The van der Waals surface area contributed by atoms with E-state index >= 15 is 0 Å². The van der Waals surface area contributed by atoms with Crippen molar-refractivity contribution in [3.63, 3.8) is 0 Å². The van der Waals surface area contributed by atoms with Crippen molar-refractivity contribution in [3.8, 4) is 0 Å². The Morgan fingerprint density at radius 3 is 2.67 bits per heavy atom. The number of thiophene rings is 1. The van der Waals surface area contributed by atoms with E-state index in [2.05, 4.69) is 25.2 Å². The summed E-state index contributed by atoms with van der Waals surface area (Å²) in [7, 11) is 0. The van der Waals surface area contributed by atoms with Crippen LogP contribution in [0.2, 0.25) is 5.02 Å². The van der Waals surface area contributed by atoms with Gasteiger partial charge in [0.1, 0.15) is 5.82 Å². The maximum absolute atomic E-state index is 13.1. The number of hydrogen-bond donors (Lipinski definition) is 1. The molecule has 0 spiro atoms. The summed E-state index contributed by atoms with van der Waals surface area (Å²) in [4.78, 5) is 2.63. The molecule has 2 rings (SSSR count). The minimum absolute atomic E-state index is 0.251. The minimum Gasteiger partial charge on any atom is -0.308 e. The fraction of sp³-hybridized carbons (Fsp3) is 0.286. The van der Waals surface area contributed by atoms with E-state index in [0.29, 0.717) is 11.6 Å². The zero-order valence-corrected chi connectivity index (χ0v) is 12.0. The van der Waals surface area contributed by atoms with Gasteiger partial charge in [-0.15, -0.1) is 11.3 Å². The first-order valence-corrected chi connectivity index (χ1v) is 6.96. The molecule has 0 saturated heterocycles. The van der Waals surface area contributed by atoms with Crippen LogP contribution in [0.25, 0.3) is 0 Å². The van der Waals surface area contributed by atoms with E-state index in [1.807, 2.05) is 0 Å². The summed E-state index contributed by atoms with van der Waals surface area (Å²) >= 11 is 7.79. The SMILES string of the molecule is Cc1cc(CNCc2cc(F)ccc2Cl)sc1C. The van der Waals surface area contributed by atoms with E-state index in [9.17, 15) is 4.39 Å². The Morgan fingerprint density at radius 2 is 2.00 bits per heavy atom. The fourth-order valence-electron chi connectivity index (χ4n) is 1.74. The zero-order chi connectivity index (χ0) is 13.1. The number of rotatable bonds is 4. The minimum atomic E-state index is -0.251. The molecule has 18 heavy (non-hydrogen) atoms. The van der Waals surface area contributed by atoms with Gasteiger partial charge < -0.3 is 5.32 Å². The molecule has 1 N–H and O–H groups in total. The highest BCUT2D eigenvalue weighted by Gasteiger charge is 2.04. The molecule has 1 nitrogen and oxygen atoms in total. The zero-order valence-electron chi connectivity index (χ0n) is 10.4. The van der Waals surface area contributed by atoms with Gasteiger partial charge in [0, 0.05) is 27.9 Å². The van der Waals surface area contributed by atoms with Crippen molar-refractivity contribution < 1.29 is 4.39 Å². The molecule has 0 aliphatic rings. The molecule has 1 aromatic heterocycles. The maximum Gasteiger partial charge on any atom is 0.123 e. The van der Waals surface area contributed by atoms with Gasteiger partial charge in [-0.05, 0) is 49.2 Å². The molecule has 0 amide bonds. The molecular formula is C14H15ClFNS. The molecule has 0 bridgehead atoms. The van der Waals surface area contributed by atoms with Crippen molar-refractivity contribution in [3.05, 3.63) is 56.0 Å². The lowest BCUT2D eigenvalue weighted by Crippen LogP contribution is -2.12. The van der Waals surface area contributed by atoms with Gasteiger partial charge in [-0.2, -0.15) is 0 Å². The highest BCUT2D eigenvalue weighted by atomic mass is 35.5. The van der Waals surface area contributed by atoms with Crippen LogP contribution in [0.1, 0.15) is 20.9 Å². The molecule has 4 heteroatoms. The summed E-state index contributed by atoms with van der Waals surface area (Å²) in [6, 6.07) is 6.62. The number of aryl methyl sites for hydroxylation is 2. The lowest BCUT2D eigenvalue weighted by molar-refractivity contribution is 0.620. The predicted molar refractivity (Wildman–Crippen MR) is 75.7 cm³/mol. The maximum atomic E-state index is 13.1. The Morgan fingerprint density at radius 1 is 1.22 bits per heavy atom. The van der Waals surface area contributed by atoms with E-state index in [-0.39, 0.29) is 5.82 Å². The van der Waals surface area contributed by atoms with Gasteiger partial charge in [0.25, 0.3) is 0 Å². The number of hydrogen-bond acceptors (Lipinski definition) is 2. The van der Waals surface area contributed by atoms with Crippen molar-refractivity contribution in [2.24, 2.45) is 0 Å². The molecule has 96 valence electrons. The molecule has 0 fully saturated rings. The molecule has 0 radical (unpaired) electrons. The van der Waals surface area contributed by atoms with Gasteiger partial charge in [0.05, 0.1) is 0 Å². The summed E-state index contributed by atoms with van der Waals surface area (Å²) < 4.78 is 13.1. The quantitative estimate of drug-likeness (QED) is 0.874. The number of benzene rings is 1. The summed E-state index contributed by atoms with van der Waals surface area (Å²) in [5, 5.41) is 3.89. The van der Waals surface area contributed by atoms with Crippen LogP contribution in [0.5, 0.6) is 0 Å². The van der Waals surface area contributed by atoms with E-state index < -0.39 is 0 Å². The lowest BCUT2D eigenvalue weighted by atomic mass is 10.2. The van der Waals surface area contributed by atoms with Crippen molar-refractivity contribution in [2.45, 2.75) is 26.9 Å². The van der Waals surface area contributed by atoms with Crippen LogP contribution in [0.15, 0.2) is 24.3 Å². The highest BCUT2D eigenvalue weighted by Crippen LogP contribution is 2.21. The third kappa shape index (κ3) is 3.31. The summed E-state index contributed by atoms with van der Waals surface area (Å²) in [6.45, 7) is 5.59. The molecular weight excluding hydrogens is 269 g/mol. The third-order valence-corrected chi connectivity index (χ3v) is 4.36. The van der Waals surface area contributed by atoms with Gasteiger partial charge in [-0.1, -0.05) is 11.6 Å². The van der Waals surface area contributed by atoms with Gasteiger partial charge in [-0.25, -0.2) is 4.39 Å². The van der Waals surface area contributed by atoms with Crippen LogP contribution in [0, 0.1) is 19.7 Å². The smallest absolute Gasteiger partial charge is 0.123 e. The molecule has 0 atom stereocenters. The normalized spacial score (nSPS) is 10.9. The standard InChI is InChI=1S/C14H15ClFNS/c1-9-5-13(18-10(9)2)8-17-7-11-6-12(16)3-4-14(11)15/h3-6,17H,7-8H2,1-2H3. The Labute approximate surface area is 116 Å². The van der Waals surface area contributed by atoms with E-state index in [0.717, 1.165) is 12.1 Å². The second-order valence-corrected chi connectivity index (χ2v) is 6.04. The number of halogens is 2. The van der Waals surface area contributed by atoms with Crippen LogP contribution < -0.4 is 5.32 Å². The van der Waals surface area contributed by atoms with Gasteiger partial charge in [-0.3, -0.25) is 0 Å². The fourth-order valence-corrected chi connectivity index (χ4v) is 2.94. The molecule has 0 aliphatic heterocycles. The third-order valence-electron chi connectivity index (χ3n) is 2.84. The summed E-state index contributed by atoms with van der Waals surface area (Å²) in [6.07, 6.45) is 0. The molecule has 1 heterocycles. The van der Waals surface area contributed by atoms with Crippen LogP contribution in [-0.2, 0) is 13.1 Å². The van der Waals surface area contributed by atoms with Crippen molar-refractivity contribution in [1.29, 1.82) is 0 Å². The highest BCUT2D eigenvalue weighted by molar-refractivity contribution is 7.12. The van der Waals surface area contributed by atoms with E-state index in [1.165, 1.54) is 27.5 Å². The second-order valence-electron chi connectivity index (χ2n) is 4.29. The van der Waals surface area contributed by atoms with Gasteiger partial charge in [0.15, 0.2) is 0 Å². The molecule has 0 saturated carbocycles. The monoisotopic (exact) mass is 283 g/mol. The lowest BCUT2D eigenvalue weighted by Gasteiger charge is -2.05. The van der Waals surface area contributed by atoms with Crippen molar-refractivity contribution in [1.82, 2.24) is 5.32 Å². The summed E-state index contributed by atoms with van der Waals surface area (Å²) in [5.74, 6) is -0.251. The topological polar surface area (TPSA) is 12.0 Å². The van der Waals surface area contributed by atoms with Crippen LogP contribution >= 0.6 is 22.9 Å². The molecule has 2 aromatic rings. The second kappa shape index (κ2) is 5.83. The van der Waals surface area contributed by atoms with Crippen LogP contribution in [0.4, 0.5) is 4.39 Å². The average molecular weight is 284 g/mol. The first-order chi connectivity index (χ1) is 8.56.